The second-order valence-corrected chi connectivity index (χ2v) is 12.2. The van der Waals surface area contributed by atoms with E-state index in [2.05, 4.69) is 38.1 Å². The lowest BCUT2D eigenvalue weighted by Gasteiger charge is -2.37. The number of carbonyl (C=O) groups is 2. The van der Waals surface area contributed by atoms with Gasteiger partial charge in [-0.2, -0.15) is 0 Å². The number of nitrogens with one attached hydrogen (secondary N) is 2. The monoisotopic (exact) mass is 667 g/mol. The number of rotatable bonds is 7. The topological polar surface area (TPSA) is 89.0 Å². The van der Waals surface area contributed by atoms with Gasteiger partial charge >= 0.3 is 0 Å². The fourth-order valence-electron chi connectivity index (χ4n) is 5.79. The maximum atomic E-state index is 13.8. The van der Waals surface area contributed by atoms with Crippen molar-refractivity contribution >= 4 is 45.0 Å². The summed E-state index contributed by atoms with van der Waals surface area (Å²) >= 11 is 3.48. The molecule has 2 N–H and O–H groups in total. The largest absolute Gasteiger partial charge is 0.381 e. The van der Waals surface area contributed by atoms with Crippen LogP contribution in [-0.4, -0.2) is 75.0 Å². The fraction of sp³-hybridized carbons (Fsp3) is 0.364. The van der Waals surface area contributed by atoms with Crippen molar-refractivity contribution in [2.45, 2.75) is 32.2 Å². The molecule has 5 rings (SSSR count). The zero-order valence-electron chi connectivity index (χ0n) is 24.8. The third kappa shape index (κ3) is 7.51. The predicted octanol–water partition coefficient (Wildman–Crippen LogP) is 5.36. The van der Waals surface area contributed by atoms with Crippen LogP contribution in [0.4, 0.5) is 20.2 Å². The summed E-state index contributed by atoms with van der Waals surface area (Å²) in [5, 5.41) is 11.4. The Balaban J connectivity index is 1.43. The van der Waals surface area contributed by atoms with Crippen LogP contribution in [0.15, 0.2) is 59.1 Å². The summed E-state index contributed by atoms with van der Waals surface area (Å²) in [6, 6.07) is 13.9. The first kappa shape index (κ1) is 31.7. The lowest BCUT2D eigenvalue weighted by atomic mass is 10.0. The molecule has 0 radical (unpaired) electrons. The molecule has 44 heavy (non-hydrogen) atoms. The van der Waals surface area contributed by atoms with Gasteiger partial charge < -0.3 is 24.8 Å². The molecule has 0 saturated carbocycles. The molecular formula is C33H36BrF2N5O3. The Morgan fingerprint density at radius 3 is 2.34 bits per heavy atom. The highest BCUT2D eigenvalue weighted by atomic mass is 79.9. The van der Waals surface area contributed by atoms with E-state index in [9.17, 15) is 18.4 Å². The zero-order chi connectivity index (χ0) is 31.4. The van der Waals surface area contributed by atoms with E-state index in [0.29, 0.717) is 58.5 Å². The number of amides is 2. The summed E-state index contributed by atoms with van der Waals surface area (Å²) < 4.78 is 33.8. The highest BCUT2D eigenvalue weighted by Crippen LogP contribution is 2.32. The van der Waals surface area contributed by atoms with Crippen LogP contribution < -0.4 is 15.1 Å². The molecule has 2 aliphatic rings. The van der Waals surface area contributed by atoms with Crippen LogP contribution in [0, 0.1) is 17.0 Å². The third-order valence-electron chi connectivity index (χ3n) is 8.14. The number of piperazine rings is 1. The van der Waals surface area contributed by atoms with Crippen molar-refractivity contribution in [2.24, 2.45) is 0 Å². The van der Waals surface area contributed by atoms with E-state index >= 15 is 0 Å². The lowest BCUT2D eigenvalue weighted by Crippen LogP contribution is -2.45. The Kier molecular flexibility index (Phi) is 10.1. The van der Waals surface area contributed by atoms with Crippen molar-refractivity contribution in [3.63, 3.8) is 0 Å². The summed E-state index contributed by atoms with van der Waals surface area (Å²) in [6.45, 7) is 6.06. The summed E-state index contributed by atoms with van der Waals surface area (Å²) in [5.74, 6) is -2.14. The van der Waals surface area contributed by atoms with Gasteiger partial charge in [-0.15, -0.1) is 0 Å². The molecular weight excluding hydrogens is 632 g/mol. The van der Waals surface area contributed by atoms with E-state index in [4.69, 9.17) is 10.1 Å². The molecule has 0 aromatic heterocycles. The maximum Gasteiger partial charge on any atom is 0.258 e. The molecule has 3 aromatic rings. The Morgan fingerprint density at radius 1 is 1.00 bits per heavy atom. The number of benzene rings is 3. The maximum absolute atomic E-state index is 13.8. The van der Waals surface area contributed by atoms with Crippen LogP contribution in [0.5, 0.6) is 0 Å². The Morgan fingerprint density at radius 2 is 1.68 bits per heavy atom. The SMILES string of the molecule is CC(=O)N(c1cc(N2CCN(C)CC2)ccc1C(=O)NC(=N)c1ccc(Br)c(Cc2cc(F)cc(F)c2)c1)C1CCOCC1. The highest BCUT2D eigenvalue weighted by Gasteiger charge is 2.30. The number of hydrogen-bond donors (Lipinski definition) is 2. The summed E-state index contributed by atoms with van der Waals surface area (Å²) in [6.07, 6.45) is 1.54. The normalized spacial score (nSPS) is 16.1. The molecule has 2 saturated heterocycles. The average Bonchev–Trinajstić information content (AvgIpc) is 2.98. The number of ether oxygens (including phenoxy) is 1. The second-order valence-electron chi connectivity index (χ2n) is 11.3. The van der Waals surface area contributed by atoms with Crippen LogP contribution in [0.3, 0.4) is 0 Å². The minimum Gasteiger partial charge on any atom is -0.381 e. The van der Waals surface area contributed by atoms with Crippen molar-refractivity contribution in [3.8, 4) is 0 Å². The van der Waals surface area contributed by atoms with E-state index in [1.54, 1.807) is 29.2 Å². The number of anilines is 2. The van der Waals surface area contributed by atoms with Crippen molar-refractivity contribution in [1.29, 1.82) is 5.41 Å². The van der Waals surface area contributed by atoms with Crippen LogP contribution in [-0.2, 0) is 16.0 Å². The number of likely N-dealkylation sites (N-methyl/N-ethyl adjacent to an activating group) is 1. The summed E-state index contributed by atoms with van der Waals surface area (Å²) in [4.78, 5) is 33.1. The number of carbonyl (C=O) groups excluding carboxylic acids is 2. The third-order valence-corrected chi connectivity index (χ3v) is 8.91. The molecule has 2 amide bonds. The van der Waals surface area contributed by atoms with E-state index in [1.165, 1.54) is 19.1 Å². The number of halogens is 3. The van der Waals surface area contributed by atoms with Crippen LogP contribution in [0.25, 0.3) is 0 Å². The molecule has 2 heterocycles. The van der Waals surface area contributed by atoms with Gasteiger partial charge in [-0.3, -0.25) is 15.0 Å². The lowest BCUT2D eigenvalue weighted by molar-refractivity contribution is -0.117. The average molecular weight is 669 g/mol. The molecule has 2 aliphatic heterocycles. The number of hydrogen-bond acceptors (Lipinski definition) is 6. The van der Waals surface area contributed by atoms with Crippen molar-refractivity contribution < 1.29 is 23.1 Å². The zero-order valence-corrected chi connectivity index (χ0v) is 26.4. The molecule has 0 unspecified atom stereocenters. The molecule has 0 aliphatic carbocycles. The summed E-state index contributed by atoms with van der Waals surface area (Å²) in [7, 11) is 2.09. The first-order valence-electron chi connectivity index (χ1n) is 14.7. The van der Waals surface area contributed by atoms with E-state index < -0.39 is 17.5 Å². The smallest absolute Gasteiger partial charge is 0.258 e. The van der Waals surface area contributed by atoms with Gasteiger partial charge in [0.15, 0.2) is 0 Å². The molecule has 0 bridgehead atoms. The highest BCUT2D eigenvalue weighted by molar-refractivity contribution is 9.10. The molecule has 2 fully saturated rings. The van der Waals surface area contributed by atoms with Crippen LogP contribution >= 0.6 is 15.9 Å². The van der Waals surface area contributed by atoms with Crippen LogP contribution in [0.2, 0.25) is 0 Å². The minimum atomic E-state index is -0.665. The Labute approximate surface area is 264 Å². The Bertz CT molecular complexity index is 1530. The van der Waals surface area contributed by atoms with Crippen molar-refractivity contribution in [2.75, 3.05) is 56.2 Å². The first-order valence-corrected chi connectivity index (χ1v) is 15.5. The summed E-state index contributed by atoms with van der Waals surface area (Å²) in [5.41, 5.74) is 3.31. The van der Waals surface area contributed by atoms with Crippen molar-refractivity contribution in [3.05, 3.63) is 93.0 Å². The fourth-order valence-corrected chi connectivity index (χ4v) is 6.18. The number of nitrogens with zero attached hydrogens (tertiary/aromatic N) is 3. The van der Waals surface area contributed by atoms with Gasteiger partial charge in [-0.25, -0.2) is 8.78 Å². The molecule has 0 atom stereocenters. The van der Waals surface area contributed by atoms with Crippen molar-refractivity contribution in [1.82, 2.24) is 10.2 Å². The van der Waals surface area contributed by atoms with Gasteiger partial charge in [0.2, 0.25) is 5.91 Å². The van der Waals surface area contributed by atoms with Gasteiger partial charge in [0, 0.05) is 74.1 Å². The standard InChI is InChI=1S/C33H36BrF2N5O3/c1-21(42)41(27-7-13-44-14-8-27)31-20-28(40-11-9-39(2)10-12-40)4-5-29(31)33(43)38-32(37)23-3-6-30(34)24(18-23)15-22-16-25(35)19-26(36)17-22/h3-6,16-20,27H,7-15H2,1-2H3,(H2,37,38,43). The molecule has 3 aromatic carbocycles. The molecule has 11 heteroatoms. The predicted molar refractivity (Wildman–Crippen MR) is 171 cm³/mol. The van der Waals surface area contributed by atoms with Gasteiger partial charge in [0.1, 0.15) is 17.5 Å². The quantitative estimate of drug-likeness (QED) is 0.262. The Hall–Kier alpha value is -3.67. The second kappa shape index (κ2) is 14.0. The van der Waals surface area contributed by atoms with E-state index in [-0.39, 0.29) is 24.2 Å². The molecule has 0 spiro atoms. The van der Waals surface area contributed by atoms with E-state index in [0.717, 1.165) is 37.9 Å². The molecule has 8 nitrogen and oxygen atoms in total. The number of amidine groups is 1. The molecule has 232 valence electrons. The van der Waals surface area contributed by atoms with Gasteiger partial charge in [-0.1, -0.05) is 22.0 Å². The van der Waals surface area contributed by atoms with Gasteiger partial charge in [0.05, 0.1) is 11.3 Å². The van der Waals surface area contributed by atoms with Crippen LogP contribution in [0.1, 0.15) is 46.8 Å². The van der Waals surface area contributed by atoms with Gasteiger partial charge in [-0.05, 0) is 79.9 Å². The van der Waals surface area contributed by atoms with Gasteiger partial charge in [0.25, 0.3) is 5.91 Å². The first-order chi connectivity index (χ1) is 21.1. The van der Waals surface area contributed by atoms with E-state index in [1.807, 2.05) is 12.1 Å². The minimum absolute atomic E-state index is 0.114.